The molecule has 1 aromatic carbocycles. The van der Waals surface area contributed by atoms with E-state index in [9.17, 15) is 23.1 Å². The number of anilines is 1. The van der Waals surface area contributed by atoms with Crippen molar-refractivity contribution < 1.29 is 32.2 Å². The van der Waals surface area contributed by atoms with Gasteiger partial charge in [-0.05, 0) is 63.3 Å². The van der Waals surface area contributed by atoms with Gasteiger partial charge in [0, 0.05) is 29.7 Å². The largest absolute Gasteiger partial charge is 0.447 e. The lowest BCUT2D eigenvalue weighted by molar-refractivity contribution is -0.137. The van der Waals surface area contributed by atoms with Crippen LogP contribution in [0.25, 0.3) is 0 Å². The van der Waals surface area contributed by atoms with Crippen LogP contribution in [-0.4, -0.2) is 45.3 Å². The molecule has 36 heavy (non-hydrogen) atoms. The normalized spacial score (nSPS) is 20.6. The molecular weight excluding hydrogens is 499 g/mol. The van der Waals surface area contributed by atoms with E-state index in [4.69, 9.17) is 20.8 Å². The summed E-state index contributed by atoms with van der Waals surface area (Å²) in [5.41, 5.74) is -0.173. The second-order valence-electron chi connectivity index (χ2n) is 9.34. The number of carbonyl (C=O) groups excluding carboxylic acids is 1. The van der Waals surface area contributed by atoms with Gasteiger partial charge in [-0.2, -0.15) is 18.2 Å². The van der Waals surface area contributed by atoms with E-state index in [1.54, 1.807) is 23.6 Å². The minimum Gasteiger partial charge on any atom is -0.447 e. The van der Waals surface area contributed by atoms with Crippen LogP contribution in [0.5, 0.6) is 0 Å². The number of rotatable bonds is 8. The first kappa shape index (κ1) is 28.1. The van der Waals surface area contributed by atoms with Gasteiger partial charge in [0.15, 0.2) is 0 Å². The molecule has 0 radical (unpaired) electrons. The number of aliphatic hydroxyl groups excluding tert-OH is 1. The second-order valence-corrected chi connectivity index (χ2v) is 9.78. The van der Waals surface area contributed by atoms with Gasteiger partial charge < -0.3 is 24.1 Å². The molecule has 3 rings (SSSR count). The maximum Gasteiger partial charge on any atom is 0.416 e. The standard InChI is InChI=1S/C25H33ClF3N3O4/c1-5-20-10-22(11-21(6-2)32(20)24(34)36-15(3)4)31(23-30-19(13-33)14-35-23)12-16-7-17(25(27,28)29)9-18(26)8-16/h7-9,14-15,20-22,33H,5-6,10-13H2,1-4H3/t20-,21+,22?. The molecule has 11 heteroatoms. The first-order valence-electron chi connectivity index (χ1n) is 12.1. The number of carbonyl (C=O) groups is 1. The van der Waals surface area contributed by atoms with Crippen LogP contribution in [0.4, 0.5) is 24.0 Å². The monoisotopic (exact) mass is 531 g/mol. The Bertz CT molecular complexity index is 1020. The van der Waals surface area contributed by atoms with E-state index < -0.39 is 11.7 Å². The fourth-order valence-electron chi connectivity index (χ4n) is 4.75. The molecule has 3 atom stereocenters. The first-order chi connectivity index (χ1) is 17.0. The third kappa shape index (κ3) is 6.64. The molecule has 2 aromatic rings. The number of halogens is 4. The fourth-order valence-corrected chi connectivity index (χ4v) is 5.00. The van der Waals surface area contributed by atoms with Crippen LogP contribution in [0.15, 0.2) is 28.9 Å². The lowest BCUT2D eigenvalue weighted by atomic mass is 9.88. The average molecular weight is 532 g/mol. The molecule has 1 aliphatic heterocycles. The summed E-state index contributed by atoms with van der Waals surface area (Å²) in [5.74, 6) is 0. The Morgan fingerprint density at radius 3 is 2.39 bits per heavy atom. The number of oxazole rings is 1. The Morgan fingerprint density at radius 1 is 1.25 bits per heavy atom. The fraction of sp³-hybridized carbons (Fsp3) is 0.600. The molecule has 7 nitrogen and oxygen atoms in total. The summed E-state index contributed by atoms with van der Waals surface area (Å²) < 4.78 is 51.4. The van der Waals surface area contributed by atoms with Crippen molar-refractivity contribution in [1.82, 2.24) is 9.88 Å². The Kier molecular flexibility index (Phi) is 9.16. The minimum atomic E-state index is -4.54. The molecule has 1 fully saturated rings. The summed E-state index contributed by atoms with van der Waals surface area (Å²) >= 11 is 6.04. The molecule has 200 valence electrons. The SMILES string of the molecule is CC[C@@H]1CC(N(Cc2cc(Cl)cc(C(F)(F)F)c2)c2nc(CO)co2)C[C@H](CC)N1C(=O)OC(C)C. The predicted octanol–water partition coefficient (Wildman–Crippen LogP) is 6.41. The number of hydrogen-bond acceptors (Lipinski definition) is 6. The second kappa shape index (κ2) is 11.7. The number of piperidine rings is 1. The molecule has 1 saturated heterocycles. The highest BCUT2D eigenvalue weighted by molar-refractivity contribution is 6.30. The Morgan fingerprint density at radius 2 is 1.89 bits per heavy atom. The van der Waals surface area contributed by atoms with Gasteiger partial charge in [0.1, 0.15) is 12.0 Å². The number of alkyl halides is 3. The summed E-state index contributed by atoms with van der Waals surface area (Å²) in [6.45, 7) is 7.30. The number of benzene rings is 1. The average Bonchev–Trinajstić information content (AvgIpc) is 3.29. The first-order valence-corrected chi connectivity index (χ1v) is 12.5. The zero-order chi connectivity index (χ0) is 26.6. The zero-order valence-electron chi connectivity index (χ0n) is 20.9. The third-order valence-corrected chi connectivity index (χ3v) is 6.61. The molecule has 0 aliphatic carbocycles. The number of likely N-dealkylation sites (tertiary alicyclic amines) is 1. The molecule has 0 saturated carbocycles. The van der Waals surface area contributed by atoms with Crippen molar-refractivity contribution in [2.45, 2.75) is 96.9 Å². The van der Waals surface area contributed by atoms with Gasteiger partial charge in [0.2, 0.25) is 0 Å². The van der Waals surface area contributed by atoms with Crippen molar-refractivity contribution in [2.75, 3.05) is 4.90 Å². The molecule has 1 N–H and O–H groups in total. The van der Waals surface area contributed by atoms with Gasteiger partial charge in [0.05, 0.1) is 18.3 Å². The summed E-state index contributed by atoms with van der Waals surface area (Å²) in [6, 6.07) is 3.17. The van der Waals surface area contributed by atoms with Crippen molar-refractivity contribution in [3.05, 3.63) is 46.3 Å². The van der Waals surface area contributed by atoms with Crippen LogP contribution in [-0.2, 0) is 24.1 Å². The van der Waals surface area contributed by atoms with Crippen molar-refractivity contribution in [3.8, 4) is 0 Å². The van der Waals surface area contributed by atoms with Gasteiger partial charge in [-0.25, -0.2) is 4.79 Å². The Labute approximate surface area is 214 Å². The highest BCUT2D eigenvalue weighted by Crippen LogP contribution is 2.36. The number of hydrogen-bond donors (Lipinski definition) is 1. The molecule has 1 aromatic heterocycles. The smallest absolute Gasteiger partial charge is 0.416 e. The Hall–Kier alpha value is -2.46. The molecule has 0 bridgehead atoms. The Balaban J connectivity index is 1.97. The van der Waals surface area contributed by atoms with Gasteiger partial charge in [-0.1, -0.05) is 25.4 Å². The third-order valence-electron chi connectivity index (χ3n) is 6.39. The number of aromatic nitrogens is 1. The van der Waals surface area contributed by atoms with E-state index in [0.29, 0.717) is 36.9 Å². The van der Waals surface area contributed by atoms with E-state index in [1.807, 2.05) is 13.8 Å². The highest BCUT2D eigenvalue weighted by atomic mass is 35.5. The van der Waals surface area contributed by atoms with E-state index in [2.05, 4.69) is 4.98 Å². The van der Waals surface area contributed by atoms with Gasteiger partial charge in [0.25, 0.3) is 6.01 Å². The van der Waals surface area contributed by atoms with E-state index in [-0.39, 0.29) is 54.5 Å². The van der Waals surface area contributed by atoms with Crippen molar-refractivity contribution in [1.29, 1.82) is 0 Å². The number of amides is 1. The lowest BCUT2D eigenvalue weighted by Crippen LogP contribution is -2.57. The topological polar surface area (TPSA) is 79.0 Å². The van der Waals surface area contributed by atoms with Gasteiger partial charge in [-0.3, -0.25) is 0 Å². The minimum absolute atomic E-state index is 0.0210. The molecule has 1 unspecified atom stereocenters. The van der Waals surface area contributed by atoms with Crippen LogP contribution in [0, 0.1) is 0 Å². The maximum atomic E-state index is 13.4. The van der Waals surface area contributed by atoms with E-state index in [0.717, 1.165) is 12.1 Å². The molecule has 0 spiro atoms. The molecular formula is C25H33ClF3N3O4. The highest BCUT2D eigenvalue weighted by Gasteiger charge is 2.41. The summed E-state index contributed by atoms with van der Waals surface area (Å²) in [6.07, 6.45) is -1.39. The van der Waals surface area contributed by atoms with Crippen LogP contribution in [0.2, 0.25) is 5.02 Å². The molecule has 1 amide bonds. The summed E-state index contributed by atoms with van der Waals surface area (Å²) in [5, 5.41) is 9.46. The number of aliphatic hydroxyl groups is 1. The lowest BCUT2D eigenvalue weighted by Gasteiger charge is -2.47. The zero-order valence-corrected chi connectivity index (χ0v) is 21.6. The molecule has 2 heterocycles. The van der Waals surface area contributed by atoms with Gasteiger partial charge in [-0.15, -0.1) is 0 Å². The quantitative estimate of drug-likeness (QED) is 0.424. The van der Waals surface area contributed by atoms with E-state index >= 15 is 0 Å². The predicted molar refractivity (Wildman–Crippen MR) is 130 cm³/mol. The van der Waals surface area contributed by atoms with E-state index in [1.165, 1.54) is 12.3 Å². The number of nitrogens with zero attached hydrogens (tertiary/aromatic N) is 3. The summed E-state index contributed by atoms with van der Waals surface area (Å²) in [7, 11) is 0. The summed E-state index contributed by atoms with van der Waals surface area (Å²) in [4.78, 5) is 20.8. The number of ether oxygens (including phenoxy) is 1. The van der Waals surface area contributed by atoms with Gasteiger partial charge >= 0.3 is 12.3 Å². The van der Waals surface area contributed by atoms with Crippen LogP contribution in [0.1, 0.15) is 70.2 Å². The van der Waals surface area contributed by atoms with Crippen molar-refractivity contribution >= 4 is 23.7 Å². The molecule has 1 aliphatic rings. The van der Waals surface area contributed by atoms with Crippen LogP contribution < -0.4 is 4.90 Å². The maximum absolute atomic E-state index is 13.4. The van der Waals surface area contributed by atoms with Crippen molar-refractivity contribution in [2.24, 2.45) is 0 Å². The van der Waals surface area contributed by atoms with Crippen molar-refractivity contribution in [3.63, 3.8) is 0 Å². The van der Waals surface area contributed by atoms with Crippen LogP contribution >= 0.6 is 11.6 Å². The van der Waals surface area contributed by atoms with Crippen LogP contribution in [0.3, 0.4) is 0 Å².